The molecule has 27 heteroatoms. The Hall–Kier alpha value is -4.53. The summed E-state index contributed by atoms with van der Waals surface area (Å²) >= 11 is 0. The van der Waals surface area contributed by atoms with Gasteiger partial charge in [0, 0.05) is 24.6 Å². The van der Waals surface area contributed by atoms with Crippen molar-refractivity contribution in [3.05, 3.63) is 66.2 Å². The number of amides is 2. The second-order valence-electron chi connectivity index (χ2n) is 14.5. The minimum absolute atomic E-state index is 0.0788. The van der Waals surface area contributed by atoms with Crippen LogP contribution in [0.15, 0.2) is 60.7 Å². The number of ether oxygens (including phenoxy) is 3. The monoisotopic (exact) mass is 976 g/mol. The molecule has 2 aromatic rings. The molecule has 2 aromatic carbocycles. The SMILES string of the molecule is COc1ccc(NC(=O)O[C@@H](C/C=C/C(=O)NO)c2ccc(OCCO[Si](CCC(F)(F)C(F)(F)C(F)(F)C(F)(F)C(F)(F)C(F)(F)C(F)(F)C(F)(F)F)(C(C)C)C(C)C)cc2)cc1. The Morgan fingerprint density at radius 1 is 0.672 bits per heavy atom. The van der Waals surface area contributed by atoms with Gasteiger partial charge in [-0.05, 0) is 59.1 Å². The number of hydroxylamine groups is 1. The lowest BCUT2D eigenvalue weighted by Gasteiger charge is -2.44. The molecule has 0 bridgehead atoms. The lowest BCUT2D eigenvalue weighted by molar-refractivity contribution is -0.461. The van der Waals surface area contributed by atoms with Gasteiger partial charge in [-0.3, -0.25) is 15.3 Å². The average Bonchev–Trinajstić information content (AvgIpc) is 3.19. The summed E-state index contributed by atoms with van der Waals surface area (Å²) in [4.78, 5) is 24.1. The van der Waals surface area contributed by atoms with Crippen LogP contribution in [-0.2, 0) is 14.0 Å². The Morgan fingerprint density at radius 3 is 1.59 bits per heavy atom. The van der Waals surface area contributed by atoms with E-state index in [0.29, 0.717) is 17.0 Å². The van der Waals surface area contributed by atoms with Crippen LogP contribution in [-0.4, -0.2) is 93.5 Å². The molecule has 0 saturated carbocycles. The molecule has 0 saturated heterocycles. The first-order chi connectivity index (χ1) is 29.0. The number of carbonyl (C=O) groups excluding carboxylic acids is 2. The topological polar surface area (TPSA) is 115 Å². The van der Waals surface area contributed by atoms with Crippen molar-refractivity contribution in [2.24, 2.45) is 0 Å². The standard InChI is InChI=1S/C37H41F17N2O7Si/c1-21(2)64(22(3)4,20-17-30(38,39)31(40,41)32(42,43)33(44,45)34(46,47)35(48,49)36(50,51)37(52,53)54)62-19-18-61-26-13-9-23(10-14-26)27(7-6-8-28(57)56-59)63-29(58)55-24-11-15-25(60-5)16-12-24/h6,8-16,21-22,27,59H,7,17-20H2,1-5H3,(H,55,58)(H,56,57)/b8-6+/t27-/m0/s1. The number of rotatable bonds is 23. The Bertz CT molecular complexity index is 1870. The van der Waals surface area contributed by atoms with Gasteiger partial charge in [-0.25, -0.2) is 10.3 Å². The molecule has 2 amide bonds. The molecule has 364 valence electrons. The van der Waals surface area contributed by atoms with E-state index in [9.17, 15) is 84.2 Å². The number of benzene rings is 2. The van der Waals surface area contributed by atoms with Crippen molar-refractivity contribution in [1.82, 2.24) is 5.48 Å². The van der Waals surface area contributed by atoms with Gasteiger partial charge < -0.3 is 18.6 Å². The predicted molar refractivity (Wildman–Crippen MR) is 193 cm³/mol. The molecular formula is C37H41F17N2O7Si. The average molecular weight is 977 g/mol. The van der Waals surface area contributed by atoms with Crippen LogP contribution in [0.5, 0.6) is 11.5 Å². The number of alkyl halides is 17. The molecule has 0 aliphatic heterocycles. The normalized spacial score (nSPS) is 14.5. The van der Waals surface area contributed by atoms with Crippen LogP contribution in [0.2, 0.25) is 17.1 Å². The largest absolute Gasteiger partial charge is 0.497 e. The Morgan fingerprint density at radius 2 is 1.14 bits per heavy atom. The fourth-order valence-electron chi connectivity index (χ4n) is 6.06. The summed E-state index contributed by atoms with van der Waals surface area (Å²) < 4.78 is 257. The van der Waals surface area contributed by atoms with E-state index in [1.54, 1.807) is 12.1 Å². The lowest BCUT2D eigenvalue weighted by atomic mass is 9.88. The molecule has 0 aliphatic rings. The van der Waals surface area contributed by atoms with Gasteiger partial charge in [0.25, 0.3) is 5.91 Å². The molecular weight excluding hydrogens is 935 g/mol. The van der Waals surface area contributed by atoms with Crippen LogP contribution in [0.4, 0.5) is 85.1 Å². The first kappa shape index (κ1) is 55.6. The fraction of sp³-hybridized carbons (Fsp3) is 0.568. The van der Waals surface area contributed by atoms with Crippen molar-refractivity contribution in [3.63, 3.8) is 0 Å². The van der Waals surface area contributed by atoms with E-state index < -0.39 is 111 Å². The summed E-state index contributed by atoms with van der Waals surface area (Å²) in [5.74, 6) is -57.2. The Kier molecular flexibility index (Phi) is 17.7. The third kappa shape index (κ3) is 11.3. The second-order valence-corrected chi connectivity index (χ2v) is 19.5. The molecule has 2 rings (SSSR count). The van der Waals surface area contributed by atoms with Crippen molar-refractivity contribution in [2.75, 3.05) is 25.6 Å². The number of carbonyl (C=O) groups is 2. The highest BCUT2D eigenvalue weighted by atomic mass is 28.4. The summed E-state index contributed by atoms with van der Waals surface area (Å²) in [6.45, 7) is 4.21. The maximum absolute atomic E-state index is 15.0. The van der Waals surface area contributed by atoms with Gasteiger partial charge in [0.15, 0.2) is 8.32 Å². The highest BCUT2D eigenvalue weighted by Crippen LogP contribution is 2.64. The zero-order valence-electron chi connectivity index (χ0n) is 33.9. The molecule has 0 fully saturated rings. The lowest BCUT2D eigenvalue weighted by Crippen LogP contribution is -2.74. The summed E-state index contributed by atoms with van der Waals surface area (Å²) in [5.41, 5.74) is 0.218. The molecule has 64 heavy (non-hydrogen) atoms. The molecule has 0 aromatic heterocycles. The van der Waals surface area contributed by atoms with Gasteiger partial charge >= 0.3 is 53.7 Å². The van der Waals surface area contributed by atoms with Gasteiger partial charge in [0.05, 0.1) is 13.7 Å². The summed E-state index contributed by atoms with van der Waals surface area (Å²) in [6, 6.07) is 10.3. The van der Waals surface area contributed by atoms with Crippen molar-refractivity contribution < 1.29 is 108 Å². The summed E-state index contributed by atoms with van der Waals surface area (Å²) in [6.07, 6.45) is -10.3. The molecule has 0 unspecified atom stereocenters. The van der Waals surface area contributed by atoms with Crippen molar-refractivity contribution in [2.45, 2.75) is 111 Å². The van der Waals surface area contributed by atoms with Crippen LogP contribution < -0.4 is 20.3 Å². The third-order valence-electron chi connectivity index (χ3n) is 9.86. The minimum Gasteiger partial charge on any atom is -0.497 e. The minimum atomic E-state index is -8.71. The van der Waals surface area contributed by atoms with Gasteiger partial charge in [-0.15, -0.1) is 0 Å². The smallest absolute Gasteiger partial charge is 0.460 e. The maximum atomic E-state index is 15.0. The van der Waals surface area contributed by atoms with E-state index in [0.717, 1.165) is 6.08 Å². The number of anilines is 1. The first-order valence-corrected chi connectivity index (χ1v) is 20.6. The van der Waals surface area contributed by atoms with Crippen LogP contribution in [0.1, 0.15) is 52.2 Å². The van der Waals surface area contributed by atoms with Gasteiger partial charge in [0.1, 0.15) is 24.2 Å². The Balaban J connectivity index is 2.26. The zero-order chi connectivity index (χ0) is 49.5. The van der Waals surface area contributed by atoms with Crippen LogP contribution in [0.25, 0.3) is 0 Å². The fourth-order valence-corrected chi connectivity index (χ4v) is 10.5. The molecule has 0 radical (unpaired) electrons. The number of halogens is 17. The van der Waals surface area contributed by atoms with E-state index in [1.807, 2.05) is 0 Å². The van der Waals surface area contributed by atoms with Gasteiger partial charge in [0.2, 0.25) is 0 Å². The number of hydrogen-bond donors (Lipinski definition) is 3. The van der Waals surface area contributed by atoms with E-state index in [1.165, 1.54) is 82.8 Å². The van der Waals surface area contributed by atoms with Crippen molar-refractivity contribution in [1.29, 1.82) is 0 Å². The number of methoxy groups -OCH3 is 1. The maximum Gasteiger partial charge on any atom is 0.460 e. The van der Waals surface area contributed by atoms with Gasteiger partial charge in [-0.2, -0.15) is 74.6 Å². The Labute approximate surface area is 354 Å². The van der Waals surface area contributed by atoms with Crippen LogP contribution >= 0.6 is 0 Å². The molecule has 0 heterocycles. The molecule has 0 spiro atoms. The predicted octanol–water partition coefficient (Wildman–Crippen LogP) is 12.0. The van der Waals surface area contributed by atoms with E-state index >= 15 is 0 Å². The van der Waals surface area contributed by atoms with E-state index in [4.69, 9.17) is 23.8 Å². The quantitative estimate of drug-likeness (QED) is 0.0254. The van der Waals surface area contributed by atoms with Crippen molar-refractivity contribution >= 4 is 26.0 Å². The molecule has 0 aliphatic carbocycles. The highest BCUT2D eigenvalue weighted by molar-refractivity contribution is 6.76. The zero-order valence-corrected chi connectivity index (χ0v) is 34.9. The van der Waals surface area contributed by atoms with E-state index in [-0.39, 0.29) is 12.2 Å². The molecule has 9 nitrogen and oxygen atoms in total. The van der Waals surface area contributed by atoms with E-state index in [2.05, 4.69) is 5.32 Å². The first-order valence-electron chi connectivity index (χ1n) is 18.3. The number of hydrogen-bond acceptors (Lipinski definition) is 7. The summed E-state index contributed by atoms with van der Waals surface area (Å²) in [5, 5.41) is 11.2. The summed E-state index contributed by atoms with van der Waals surface area (Å²) in [7, 11) is -2.59. The second kappa shape index (κ2) is 20.3. The van der Waals surface area contributed by atoms with Crippen LogP contribution in [0.3, 0.4) is 0 Å². The van der Waals surface area contributed by atoms with Crippen LogP contribution in [0, 0.1) is 0 Å². The molecule has 1 atom stereocenters. The van der Waals surface area contributed by atoms with Crippen molar-refractivity contribution in [3.8, 4) is 11.5 Å². The highest BCUT2D eigenvalue weighted by Gasteiger charge is 2.95. The molecule has 3 N–H and O–H groups in total. The number of nitrogens with one attached hydrogen (secondary N) is 2. The third-order valence-corrected chi connectivity index (χ3v) is 15.5. The van der Waals surface area contributed by atoms with Gasteiger partial charge in [-0.1, -0.05) is 45.9 Å².